The van der Waals surface area contributed by atoms with Gasteiger partial charge in [0.15, 0.2) is 0 Å². The summed E-state index contributed by atoms with van der Waals surface area (Å²) < 4.78 is 0. The fourth-order valence-electron chi connectivity index (χ4n) is 6.68. The first kappa shape index (κ1) is 24.7. The molecule has 9 rings (SSSR count). The highest BCUT2D eigenvalue weighted by molar-refractivity contribution is 6.24. The van der Waals surface area contributed by atoms with Gasteiger partial charge in [0.05, 0.1) is 22.4 Å². The summed E-state index contributed by atoms with van der Waals surface area (Å²) in [6.07, 6.45) is 0. The summed E-state index contributed by atoms with van der Waals surface area (Å²) in [7, 11) is 0. The third-order valence-corrected chi connectivity index (χ3v) is 8.81. The molecule has 0 amide bonds. The van der Waals surface area contributed by atoms with E-state index < -0.39 is 0 Å². The second-order valence-electron chi connectivity index (χ2n) is 11.4. The molecule has 8 aromatic carbocycles. The summed E-state index contributed by atoms with van der Waals surface area (Å²) in [5, 5.41) is 10.1. The first-order valence-corrected chi connectivity index (χ1v) is 15.0. The largest absolute Gasteiger partial charge is 0.244 e. The average Bonchev–Trinajstić information content (AvgIpc) is 3.10. The van der Waals surface area contributed by atoms with E-state index in [1.54, 1.807) is 0 Å². The zero-order chi connectivity index (χ0) is 29.0. The van der Waals surface area contributed by atoms with Crippen LogP contribution in [0.1, 0.15) is 0 Å². The molecule has 44 heavy (non-hydrogen) atoms. The number of hydrogen-bond donors (Lipinski definition) is 0. The topological polar surface area (TPSA) is 25.8 Å². The van der Waals surface area contributed by atoms with Crippen molar-refractivity contribution < 1.29 is 0 Å². The van der Waals surface area contributed by atoms with Gasteiger partial charge in [-0.2, -0.15) is 0 Å². The van der Waals surface area contributed by atoms with Crippen LogP contribution in [0.3, 0.4) is 0 Å². The smallest absolute Gasteiger partial charge is 0.0973 e. The first-order valence-electron chi connectivity index (χ1n) is 15.0. The highest BCUT2D eigenvalue weighted by atomic mass is 14.8. The lowest BCUT2D eigenvalue weighted by atomic mass is 9.92. The Morgan fingerprint density at radius 3 is 1.73 bits per heavy atom. The molecule has 0 fully saturated rings. The monoisotopic (exact) mass is 558 g/mol. The van der Waals surface area contributed by atoms with E-state index in [0.29, 0.717) is 0 Å². The molecule has 0 saturated heterocycles. The molecule has 204 valence electrons. The van der Waals surface area contributed by atoms with Gasteiger partial charge in [0.2, 0.25) is 0 Å². The third-order valence-electron chi connectivity index (χ3n) is 8.81. The molecule has 0 aliphatic carbocycles. The minimum absolute atomic E-state index is 0.888. The summed E-state index contributed by atoms with van der Waals surface area (Å²) in [5.74, 6) is 0. The first-order chi connectivity index (χ1) is 21.8. The highest BCUT2D eigenvalue weighted by Crippen LogP contribution is 2.38. The molecule has 0 radical (unpaired) electrons. The fourth-order valence-corrected chi connectivity index (χ4v) is 6.68. The molecule has 0 saturated carbocycles. The molecule has 2 heteroatoms. The van der Waals surface area contributed by atoms with Crippen LogP contribution >= 0.6 is 0 Å². The molecule has 0 aliphatic heterocycles. The Morgan fingerprint density at radius 2 is 0.886 bits per heavy atom. The van der Waals surface area contributed by atoms with Gasteiger partial charge in [0, 0.05) is 11.1 Å². The summed E-state index contributed by atoms with van der Waals surface area (Å²) in [4.78, 5) is 10.4. The minimum Gasteiger partial charge on any atom is -0.244 e. The number of para-hydroxylation sites is 2. The van der Waals surface area contributed by atoms with E-state index in [2.05, 4.69) is 127 Å². The van der Waals surface area contributed by atoms with Gasteiger partial charge < -0.3 is 0 Å². The number of fused-ring (bicyclic) bond motifs is 8. The molecule has 0 spiro atoms. The maximum absolute atomic E-state index is 5.21. The van der Waals surface area contributed by atoms with E-state index in [4.69, 9.17) is 9.97 Å². The number of hydrogen-bond acceptors (Lipinski definition) is 2. The third kappa shape index (κ3) is 3.96. The second kappa shape index (κ2) is 9.86. The number of benzene rings is 8. The molecule has 1 heterocycles. The SMILES string of the molecule is c1ccc(-c2cccc(-c3nc4ccccc4nc3-c3ccc4c(ccc5ccc6c7ccccc7ccc6c54)c3)c2)cc1. The fraction of sp³-hybridized carbons (Fsp3) is 0. The minimum atomic E-state index is 0.888. The molecule has 0 unspecified atom stereocenters. The zero-order valence-electron chi connectivity index (χ0n) is 23.9. The van der Waals surface area contributed by atoms with Gasteiger partial charge in [-0.25, -0.2) is 9.97 Å². The van der Waals surface area contributed by atoms with Gasteiger partial charge >= 0.3 is 0 Å². The molecule has 0 bridgehead atoms. The van der Waals surface area contributed by atoms with Crippen molar-refractivity contribution in [2.75, 3.05) is 0 Å². The van der Waals surface area contributed by atoms with Crippen LogP contribution in [0.25, 0.3) is 87.8 Å². The molecular formula is C42H26N2. The van der Waals surface area contributed by atoms with E-state index in [1.807, 2.05) is 30.3 Å². The van der Waals surface area contributed by atoms with Crippen LogP contribution in [-0.2, 0) is 0 Å². The lowest BCUT2D eigenvalue weighted by molar-refractivity contribution is 1.29. The van der Waals surface area contributed by atoms with Gasteiger partial charge in [-0.3, -0.25) is 0 Å². The van der Waals surface area contributed by atoms with Crippen LogP contribution in [0.15, 0.2) is 158 Å². The van der Waals surface area contributed by atoms with Crippen LogP contribution in [0.2, 0.25) is 0 Å². The summed E-state index contributed by atoms with van der Waals surface area (Å²) in [5.41, 5.74) is 8.01. The molecule has 0 atom stereocenters. The van der Waals surface area contributed by atoms with E-state index in [9.17, 15) is 0 Å². The van der Waals surface area contributed by atoms with Crippen molar-refractivity contribution in [1.29, 1.82) is 0 Å². The van der Waals surface area contributed by atoms with E-state index in [0.717, 1.165) is 39.1 Å². The summed E-state index contributed by atoms with van der Waals surface area (Å²) in [6.45, 7) is 0. The molecule has 9 aromatic rings. The van der Waals surface area contributed by atoms with Crippen LogP contribution in [0, 0.1) is 0 Å². The highest BCUT2D eigenvalue weighted by Gasteiger charge is 2.16. The van der Waals surface area contributed by atoms with Crippen molar-refractivity contribution >= 4 is 54.1 Å². The van der Waals surface area contributed by atoms with E-state index in [-0.39, 0.29) is 0 Å². The molecule has 1 aromatic heterocycles. The standard InChI is InChI=1S/C42H26N2/c1-2-9-27(10-3-1)30-12-8-13-32(25-30)41-42(44-39-16-7-6-15-38(39)43-41)33-21-22-35-31(26-33)18-17-29-20-23-36-34-14-5-4-11-28(34)19-24-37(36)40(29)35/h1-26H. The lowest BCUT2D eigenvalue weighted by Crippen LogP contribution is -1.96. The van der Waals surface area contributed by atoms with E-state index >= 15 is 0 Å². The Labute approximate surface area is 254 Å². The number of nitrogens with zero attached hydrogens (tertiary/aromatic N) is 2. The molecule has 2 nitrogen and oxygen atoms in total. The normalized spacial score (nSPS) is 11.6. The number of rotatable bonds is 3. The molecule has 0 N–H and O–H groups in total. The van der Waals surface area contributed by atoms with Crippen molar-refractivity contribution in [3.63, 3.8) is 0 Å². The molecule has 0 aliphatic rings. The van der Waals surface area contributed by atoms with Crippen molar-refractivity contribution in [3.05, 3.63) is 158 Å². The summed E-state index contributed by atoms with van der Waals surface area (Å²) >= 11 is 0. The average molecular weight is 559 g/mol. The van der Waals surface area contributed by atoms with Gasteiger partial charge in [0.1, 0.15) is 0 Å². The number of aromatic nitrogens is 2. The van der Waals surface area contributed by atoms with Crippen LogP contribution in [0.5, 0.6) is 0 Å². The maximum atomic E-state index is 5.21. The van der Waals surface area contributed by atoms with Gasteiger partial charge in [-0.15, -0.1) is 0 Å². The van der Waals surface area contributed by atoms with Crippen molar-refractivity contribution in [2.24, 2.45) is 0 Å². The second-order valence-corrected chi connectivity index (χ2v) is 11.4. The lowest BCUT2D eigenvalue weighted by Gasteiger charge is -2.14. The predicted molar refractivity (Wildman–Crippen MR) is 186 cm³/mol. The van der Waals surface area contributed by atoms with Crippen LogP contribution in [-0.4, -0.2) is 9.97 Å². The Kier molecular flexibility index (Phi) is 5.54. The van der Waals surface area contributed by atoms with Gasteiger partial charge in [-0.05, 0) is 78.5 Å². The zero-order valence-corrected chi connectivity index (χ0v) is 23.9. The van der Waals surface area contributed by atoms with Gasteiger partial charge in [-0.1, -0.05) is 133 Å². The predicted octanol–water partition coefficient (Wildman–Crippen LogP) is 11.2. The Balaban J connectivity index is 1.27. The Bertz CT molecular complexity index is 2550. The van der Waals surface area contributed by atoms with Crippen LogP contribution in [0.4, 0.5) is 0 Å². The Hall–Kier alpha value is -5.86. The Morgan fingerprint density at radius 1 is 0.295 bits per heavy atom. The quantitative estimate of drug-likeness (QED) is 0.202. The van der Waals surface area contributed by atoms with E-state index in [1.165, 1.54) is 48.7 Å². The van der Waals surface area contributed by atoms with Gasteiger partial charge in [0.25, 0.3) is 0 Å². The molecular weight excluding hydrogens is 532 g/mol. The summed E-state index contributed by atoms with van der Waals surface area (Å²) in [6, 6.07) is 56.2. The maximum Gasteiger partial charge on any atom is 0.0973 e. The van der Waals surface area contributed by atoms with Crippen molar-refractivity contribution in [1.82, 2.24) is 9.97 Å². The van der Waals surface area contributed by atoms with Crippen molar-refractivity contribution in [2.45, 2.75) is 0 Å². The van der Waals surface area contributed by atoms with Crippen molar-refractivity contribution in [3.8, 4) is 33.6 Å². The van der Waals surface area contributed by atoms with Crippen LogP contribution < -0.4 is 0 Å².